The van der Waals surface area contributed by atoms with Gasteiger partial charge in [-0.25, -0.2) is 4.79 Å². The molecule has 2 aromatic rings. The highest BCUT2D eigenvalue weighted by molar-refractivity contribution is 5.86. The Labute approximate surface area is 206 Å². The number of nitrogens with one attached hydrogen (secondary N) is 1. The molecule has 7 nitrogen and oxygen atoms in total. The molecule has 0 aliphatic heterocycles. The van der Waals surface area contributed by atoms with Crippen LogP contribution in [0.1, 0.15) is 63.0 Å². The number of amides is 2. The molecule has 1 atom stereocenters. The number of hydrogen-bond donors (Lipinski definition) is 2. The van der Waals surface area contributed by atoms with Crippen LogP contribution in [0.5, 0.6) is 0 Å². The van der Waals surface area contributed by atoms with Crippen LogP contribution in [-0.2, 0) is 14.3 Å². The third kappa shape index (κ3) is 6.02. The Morgan fingerprint density at radius 1 is 1.00 bits per heavy atom. The van der Waals surface area contributed by atoms with E-state index in [1.54, 1.807) is 4.90 Å². The first-order chi connectivity index (χ1) is 16.8. The predicted molar refractivity (Wildman–Crippen MR) is 133 cm³/mol. The van der Waals surface area contributed by atoms with Crippen LogP contribution in [0, 0.1) is 5.92 Å². The van der Waals surface area contributed by atoms with E-state index in [-0.39, 0.29) is 37.4 Å². The second-order valence-electron chi connectivity index (χ2n) is 9.90. The summed E-state index contributed by atoms with van der Waals surface area (Å²) in [7, 11) is 0. The van der Waals surface area contributed by atoms with Gasteiger partial charge in [0.25, 0.3) is 0 Å². The number of alkyl carbamates (subject to hydrolysis) is 1. The molecule has 1 saturated carbocycles. The molecule has 0 aromatic heterocycles. The van der Waals surface area contributed by atoms with Crippen LogP contribution < -0.4 is 5.32 Å². The Bertz CT molecular complexity index is 1030. The smallest absolute Gasteiger partial charge is 0.407 e. The van der Waals surface area contributed by atoms with E-state index >= 15 is 0 Å². The van der Waals surface area contributed by atoms with E-state index in [1.807, 2.05) is 24.3 Å². The van der Waals surface area contributed by atoms with Gasteiger partial charge in [0.05, 0.1) is 6.42 Å². The summed E-state index contributed by atoms with van der Waals surface area (Å²) in [6.07, 6.45) is 2.25. The minimum absolute atomic E-state index is 0.0588. The molecule has 7 heteroatoms. The number of hydrogen-bond acceptors (Lipinski definition) is 4. The van der Waals surface area contributed by atoms with Gasteiger partial charge in [-0.1, -0.05) is 62.4 Å². The van der Waals surface area contributed by atoms with Gasteiger partial charge >= 0.3 is 12.1 Å². The summed E-state index contributed by atoms with van der Waals surface area (Å²) in [6.45, 7) is 4.47. The second kappa shape index (κ2) is 10.9. The molecule has 0 saturated heterocycles. The zero-order chi connectivity index (χ0) is 24.9. The number of carboxylic acid groups (broad SMARTS) is 1. The van der Waals surface area contributed by atoms with Gasteiger partial charge < -0.3 is 20.1 Å². The Morgan fingerprint density at radius 2 is 1.60 bits per heavy atom. The maximum absolute atomic E-state index is 13.3. The zero-order valence-corrected chi connectivity index (χ0v) is 20.4. The van der Waals surface area contributed by atoms with Gasteiger partial charge in [0.15, 0.2) is 0 Å². The molecule has 0 heterocycles. The van der Waals surface area contributed by atoms with Crippen LogP contribution in [0.4, 0.5) is 4.79 Å². The average Bonchev–Trinajstić information content (AvgIpc) is 3.62. The molecule has 0 spiro atoms. The normalized spacial score (nSPS) is 15.3. The van der Waals surface area contributed by atoms with E-state index in [2.05, 4.69) is 43.4 Å². The number of carbonyl (C=O) groups is 3. The molecule has 2 aliphatic rings. The highest BCUT2D eigenvalue weighted by Gasteiger charge is 2.37. The fraction of sp³-hybridized carbons (Fsp3) is 0.464. The van der Waals surface area contributed by atoms with Gasteiger partial charge in [-0.3, -0.25) is 9.59 Å². The van der Waals surface area contributed by atoms with Crippen LogP contribution in [0.2, 0.25) is 0 Å². The third-order valence-electron chi connectivity index (χ3n) is 6.80. The molecule has 2 amide bonds. The number of rotatable bonds is 11. The Morgan fingerprint density at radius 3 is 2.14 bits per heavy atom. The number of benzene rings is 2. The first kappa shape index (κ1) is 24.8. The standard InChI is InChI=1S/C28H34N2O5/c1-18(2)11-14-25(27(33)30(19-12-13-19)16-15-26(31)32)29-28(34)35-17-24-22-9-5-3-7-20(22)21-8-4-6-10-23(21)24/h3-10,18-19,24-25H,11-17H2,1-2H3,(H,29,34)(H,31,32). The van der Waals surface area contributed by atoms with E-state index < -0.39 is 18.1 Å². The molecular formula is C28H34N2O5. The lowest BCUT2D eigenvalue weighted by Crippen LogP contribution is -2.50. The topological polar surface area (TPSA) is 95.9 Å². The fourth-order valence-electron chi connectivity index (χ4n) is 4.81. The van der Waals surface area contributed by atoms with Crippen molar-refractivity contribution >= 4 is 18.0 Å². The predicted octanol–water partition coefficient (Wildman–Crippen LogP) is 4.80. The van der Waals surface area contributed by atoms with Crippen molar-refractivity contribution in [1.29, 1.82) is 0 Å². The lowest BCUT2D eigenvalue weighted by molar-refractivity contribution is -0.139. The average molecular weight is 479 g/mol. The lowest BCUT2D eigenvalue weighted by atomic mass is 9.98. The number of ether oxygens (including phenoxy) is 1. The van der Waals surface area contributed by atoms with Gasteiger partial charge in [-0.2, -0.15) is 0 Å². The number of carboxylic acids is 1. The maximum Gasteiger partial charge on any atom is 0.407 e. The quantitative estimate of drug-likeness (QED) is 0.484. The van der Waals surface area contributed by atoms with Gasteiger partial charge in [-0.05, 0) is 53.9 Å². The van der Waals surface area contributed by atoms with Crippen LogP contribution in [0.3, 0.4) is 0 Å². The van der Waals surface area contributed by atoms with Crippen molar-refractivity contribution in [2.24, 2.45) is 5.92 Å². The summed E-state index contributed by atoms with van der Waals surface area (Å²) in [5.41, 5.74) is 4.56. The van der Waals surface area contributed by atoms with E-state index in [9.17, 15) is 14.4 Å². The minimum atomic E-state index is -0.938. The van der Waals surface area contributed by atoms with Gasteiger partial charge in [0.1, 0.15) is 12.6 Å². The van der Waals surface area contributed by atoms with Crippen molar-refractivity contribution in [3.8, 4) is 11.1 Å². The van der Waals surface area contributed by atoms with E-state index in [1.165, 1.54) is 0 Å². The van der Waals surface area contributed by atoms with Crippen LogP contribution in [0.25, 0.3) is 11.1 Å². The van der Waals surface area contributed by atoms with Gasteiger partial charge in [0, 0.05) is 18.5 Å². The molecule has 4 rings (SSSR count). The van der Waals surface area contributed by atoms with Crippen LogP contribution >= 0.6 is 0 Å². The minimum Gasteiger partial charge on any atom is -0.481 e. The van der Waals surface area contributed by atoms with Crippen molar-refractivity contribution in [2.75, 3.05) is 13.2 Å². The Hall–Kier alpha value is -3.35. The number of nitrogens with zero attached hydrogens (tertiary/aromatic N) is 1. The maximum atomic E-state index is 13.3. The first-order valence-corrected chi connectivity index (χ1v) is 12.5. The van der Waals surface area contributed by atoms with E-state index in [0.717, 1.165) is 41.5 Å². The van der Waals surface area contributed by atoms with Crippen LogP contribution in [-0.4, -0.2) is 53.2 Å². The number of fused-ring (bicyclic) bond motifs is 3. The molecule has 1 unspecified atom stereocenters. The molecular weight excluding hydrogens is 444 g/mol. The first-order valence-electron chi connectivity index (χ1n) is 12.5. The summed E-state index contributed by atoms with van der Waals surface area (Å²) in [4.78, 5) is 38.9. The summed E-state index contributed by atoms with van der Waals surface area (Å²) >= 11 is 0. The highest BCUT2D eigenvalue weighted by Crippen LogP contribution is 2.44. The summed E-state index contributed by atoms with van der Waals surface area (Å²) in [6, 6.07) is 15.6. The molecule has 2 aliphatic carbocycles. The van der Waals surface area contributed by atoms with Gasteiger partial charge in [0.2, 0.25) is 5.91 Å². The van der Waals surface area contributed by atoms with E-state index in [0.29, 0.717) is 12.3 Å². The largest absolute Gasteiger partial charge is 0.481 e. The van der Waals surface area contributed by atoms with Crippen molar-refractivity contribution < 1.29 is 24.2 Å². The lowest BCUT2D eigenvalue weighted by Gasteiger charge is -2.28. The molecule has 0 bridgehead atoms. The number of aliphatic carboxylic acids is 1. The molecule has 2 N–H and O–H groups in total. The second-order valence-corrected chi connectivity index (χ2v) is 9.90. The molecule has 0 radical (unpaired) electrons. The van der Waals surface area contributed by atoms with Crippen molar-refractivity contribution in [3.05, 3.63) is 59.7 Å². The highest BCUT2D eigenvalue weighted by atomic mass is 16.5. The third-order valence-corrected chi connectivity index (χ3v) is 6.80. The SMILES string of the molecule is CC(C)CCC(NC(=O)OCC1c2ccccc2-c2ccccc21)C(=O)N(CCC(=O)O)C1CC1. The fourth-order valence-corrected chi connectivity index (χ4v) is 4.81. The van der Waals surface area contributed by atoms with E-state index in [4.69, 9.17) is 9.84 Å². The monoisotopic (exact) mass is 478 g/mol. The van der Waals surface area contributed by atoms with Crippen LogP contribution in [0.15, 0.2) is 48.5 Å². The zero-order valence-electron chi connectivity index (χ0n) is 20.4. The summed E-state index contributed by atoms with van der Waals surface area (Å²) < 4.78 is 5.67. The van der Waals surface area contributed by atoms with Gasteiger partial charge in [-0.15, -0.1) is 0 Å². The molecule has 35 heavy (non-hydrogen) atoms. The summed E-state index contributed by atoms with van der Waals surface area (Å²) in [5, 5.41) is 11.9. The Balaban J connectivity index is 1.43. The Kier molecular flexibility index (Phi) is 7.73. The van der Waals surface area contributed by atoms with Crippen molar-refractivity contribution in [3.63, 3.8) is 0 Å². The van der Waals surface area contributed by atoms with Crippen molar-refractivity contribution in [2.45, 2.75) is 64.0 Å². The summed E-state index contributed by atoms with van der Waals surface area (Å²) in [5.74, 6) is -0.853. The number of carbonyl (C=O) groups excluding carboxylic acids is 2. The van der Waals surface area contributed by atoms with Crippen molar-refractivity contribution in [1.82, 2.24) is 10.2 Å². The molecule has 2 aromatic carbocycles. The molecule has 186 valence electrons. The molecule has 1 fully saturated rings.